The van der Waals surface area contributed by atoms with Crippen LogP contribution in [0.5, 0.6) is 0 Å². The monoisotopic (exact) mass is 465 g/mol. The van der Waals surface area contributed by atoms with Crippen LogP contribution < -0.4 is 10.9 Å². The molecule has 1 amide bonds. The predicted octanol–water partition coefficient (Wildman–Crippen LogP) is 3.50. The van der Waals surface area contributed by atoms with Crippen molar-refractivity contribution >= 4 is 40.2 Å². The number of benzene rings is 1. The van der Waals surface area contributed by atoms with Crippen molar-refractivity contribution in [2.75, 3.05) is 11.1 Å². The number of nitrogens with zero attached hydrogens (tertiary/aromatic N) is 4. The Morgan fingerprint density at radius 2 is 2.03 bits per heavy atom. The maximum Gasteiger partial charge on any atom is 0.280 e. The van der Waals surface area contributed by atoms with Crippen LogP contribution in [0.15, 0.2) is 57.0 Å². The number of furan rings is 1. The standard InChI is InChI=1S/C23H23N5O4S/c1-4-28-21-20(14(2)26-28)25-23(27(22(21)31)12-18-9-6-10-32-18)33-13-19(30)24-17-8-5-7-16(11-17)15(3)29/h5-11H,4,12-13H2,1-3H3,(H,24,30). The highest BCUT2D eigenvalue weighted by molar-refractivity contribution is 7.99. The summed E-state index contributed by atoms with van der Waals surface area (Å²) in [6.07, 6.45) is 1.54. The second kappa shape index (κ2) is 9.45. The van der Waals surface area contributed by atoms with Crippen molar-refractivity contribution in [2.24, 2.45) is 0 Å². The summed E-state index contributed by atoms with van der Waals surface area (Å²) in [4.78, 5) is 42.2. The molecule has 9 nitrogen and oxygen atoms in total. The third-order valence-corrected chi connectivity index (χ3v) is 6.04. The van der Waals surface area contributed by atoms with Crippen molar-refractivity contribution in [1.29, 1.82) is 0 Å². The van der Waals surface area contributed by atoms with Crippen LogP contribution >= 0.6 is 11.8 Å². The third kappa shape index (κ3) is 4.75. The fourth-order valence-electron chi connectivity index (χ4n) is 3.47. The molecule has 0 spiro atoms. The maximum atomic E-state index is 13.4. The van der Waals surface area contributed by atoms with Crippen molar-refractivity contribution in [3.8, 4) is 0 Å². The maximum absolute atomic E-state index is 13.4. The van der Waals surface area contributed by atoms with Crippen LogP contribution in [0.2, 0.25) is 0 Å². The minimum atomic E-state index is -0.277. The minimum Gasteiger partial charge on any atom is -0.467 e. The molecule has 0 atom stereocenters. The molecule has 0 unspecified atom stereocenters. The number of Topliss-reactive ketones (excluding diaryl/α,β-unsaturated/α-hetero) is 1. The number of carbonyl (C=O) groups is 2. The van der Waals surface area contributed by atoms with E-state index in [1.54, 1.807) is 54.3 Å². The number of hydrogen-bond acceptors (Lipinski definition) is 7. The molecule has 3 aromatic heterocycles. The summed E-state index contributed by atoms with van der Waals surface area (Å²) in [5.41, 5.74) is 2.41. The Bertz CT molecular complexity index is 1390. The summed E-state index contributed by atoms with van der Waals surface area (Å²) in [5, 5.41) is 7.61. The zero-order chi connectivity index (χ0) is 23.5. The Kier molecular flexibility index (Phi) is 6.45. The molecule has 0 bridgehead atoms. The summed E-state index contributed by atoms with van der Waals surface area (Å²) in [7, 11) is 0. The molecule has 3 heterocycles. The van der Waals surface area contributed by atoms with Gasteiger partial charge in [-0.05, 0) is 45.0 Å². The molecule has 4 rings (SSSR count). The molecule has 0 aliphatic rings. The van der Waals surface area contributed by atoms with E-state index in [1.165, 1.54) is 11.5 Å². The Morgan fingerprint density at radius 1 is 1.21 bits per heavy atom. The van der Waals surface area contributed by atoms with Crippen LogP contribution in [0.25, 0.3) is 11.0 Å². The van der Waals surface area contributed by atoms with E-state index in [0.29, 0.717) is 45.4 Å². The van der Waals surface area contributed by atoms with Crippen molar-refractivity contribution in [2.45, 2.75) is 39.0 Å². The number of thioether (sulfide) groups is 1. The third-order valence-electron chi connectivity index (χ3n) is 5.06. The van der Waals surface area contributed by atoms with Crippen molar-refractivity contribution in [1.82, 2.24) is 19.3 Å². The highest BCUT2D eigenvalue weighted by Gasteiger charge is 2.20. The first-order valence-electron chi connectivity index (χ1n) is 10.4. The van der Waals surface area contributed by atoms with Gasteiger partial charge in [-0.2, -0.15) is 5.10 Å². The van der Waals surface area contributed by atoms with Crippen molar-refractivity contribution in [3.05, 3.63) is 70.0 Å². The number of carbonyl (C=O) groups excluding carboxylic acids is 2. The van der Waals surface area contributed by atoms with E-state index in [2.05, 4.69) is 15.4 Å². The molecule has 0 saturated heterocycles. The van der Waals surface area contributed by atoms with Crippen LogP contribution in [0.3, 0.4) is 0 Å². The lowest BCUT2D eigenvalue weighted by atomic mass is 10.1. The molecule has 33 heavy (non-hydrogen) atoms. The van der Waals surface area contributed by atoms with Gasteiger partial charge in [-0.25, -0.2) is 4.98 Å². The number of ketones is 1. The van der Waals surface area contributed by atoms with Gasteiger partial charge in [-0.15, -0.1) is 0 Å². The average molecular weight is 466 g/mol. The lowest BCUT2D eigenvalue weighted by Crippen LogP contribution is -2.26. The zero-order valence-electron chi connectivity index (χ0n) is 18.5. The number of hydrogen-bond donors (Lipinski definition) is 1. The highest BCUT2D eigenvalue weighted by Crippen LogP contribution is 2.22. The van der Waals surface area contributed by atoms with E-state index in [9.17, 15) is 14.4 Å². The lowest BCUT2D eigenvalue weighted by Gasteiger charge is -2.12. The summed E-state index contributed by atoms with van der Waals surface area (Å²) >= 11 is 1.16. The minimum absolute atomic E-state index is 0.0291. The average Bonchev–Trinajstić information content (AvgIpc) is 3.42. The number of nitrogens with one attached hydrogen (secondary N) is 1. The molecule has 1 aromatic carbocycles. The van der Waals surface area contributed by atoms with Gasteiger partial charge in [0.25, 0.3) is 5.56 Å². The van der Waals surface area contributed by atoms with Gasteiger partial charge in [-0.1, -0.05) is 23.9 Å². The highest BCUT2D eigenvalue weighted by atomic mass is 32.2. The summed E-state index contributed by atoms with van der Waals surface area (Å²) in [6.45, 7) is 5.92. The topological polar surface area (TPSA) is 112 Å². The van der Waals surface area contributed by atoms with Crippen LogP contribution in [0, 0.1) is 6.92 Å². The second-order valence-electron chi connectivity index (χ2n) is 7.44. The van der Waals surface area contributed by atoms with Crippen LogP contribution in [-0.4, -0.2) is 36.8 Å². The van der Waals surface area contributed by atoms with Gasteiger partial charge >= 0.3 is 0 Å². The van der Waals surface area contributed by atoms with Crippen LogP contribution in [-0.2, 0) is 17.9 Å². The SMILES string of the molecule is CCn1nc(C)c2nc(SCC(=O)Nc3cccc(C(C)=O)c3)n(Cc3ccco3)c(=O)c21. The van der Waals surface area contributed by atoms with Gasteiger partial charge in [0.05, 0.1) is 24.3 Å². The quantitative estimate of drug-likeness (QED) is 0.241. The molecule has 10 heteroatoms. The molecule has 170 valence electrons. The Morgan fingerprint density at radius 3 is 2.73 bits per heavy atom. The number of aryl methyl sites for hydroxylation is 2. The molecule has 0 aliphatic carbocycles. The molecule has 0 fully saturated rings. The first kappa shape index (κ1) is 22.5. The Labute approximate surface area is 193 Å². The molecule has 0 saturated carbocycles. The molecular weight excluding hydrogens is 442 g/mol. The van der Waals surface area contributed by atoms with Gasteiger partial charge in [0.1, 0.15) is 11.3 Å². The van der Waals surface area contributed by atoms with Gasteiger partial charge in [0, 0.05) is 17.8 Å². The van der Waals surface area contributed by atoms with Crippen molar-refractivity contribution < 1.29 is 14.0 Å². The van der Waals surface area contributed by atoms with Crippen molar-refractivity contribution in [3.63, 3.8) is 0 Å². The number of anilines is 1. The first-order valence-corrected chi connectivity index (χ1v) is 11.4. The second-order valence-corrected chi connectivity index (χ2v) is 8.38. The number of aromatic nitrogens is 4. The smallest absolute Gasteiger partial charge is 0.280 e. The summed E-state index contributed by atoms with van der Waals surface area (Å²) in [6, 6.07) is 10.3. The van der Waals surface area contributed by atoms with E-state index >= 15 is 0 Å². The van der Waals surface area contributed by atoms with Crippen LogP contribution in [0.1, 0.15) is 35.7 Å². The number of amides is 1. The largest absolute Gasteiger partial charge is 0.467 e. The van der Waals surface area contributed by atoms with E-state index in [-0.39, 0.29) is 29.5 Å². The predicted molar refractivity (Wildman–Crippen MR) is 126 cm³/mol. The van der Waals surface area contributed by atoms with E-state index < -0.39 is 0 Å². The van der Waals surface area contributed by atoms with Gasteiger partial charge in [0.15, 0.2) is 16.5 Å². The molecular formula is C23H23N5O4S. The van der Waals surface area contributed by atoms with Gasteiger partial charge in [-0.3, -0.25) is 23.6 Å². The molecule has 4 aromatic rings. The zero-order valence-corrected chi connectivity index (χ0v) is 19.3. The lowest BCUT2D eigenvalue weighted by molar-refractivity contribution is -0.113. The number of rotatable bonds is 8. The molecule has 1 N–H and O–H groups in total. The summed E-state index contributed by atoms with van der Waals surface area (Å²) in [5.74, 6) is 0.273. The Hall–Kier alpha value is -3.66. The fourth-order valence-corrected chi connectivity index (χ4v) is 4.26. The summed E-state index contributed by atoms with van der Waals surface area (Å²) < 4.78 is 8.57. The first-order chi connectivity index (χ1) is 15.9. The number of fused-ring (bicyclic) bond motifs is 1. The fraction of sp³-hybridized carbons (Fsp3) is 0.261. The Balaban J connectivity index is 1.62. The van der Waals surface area contributed by atoms with E-state index in [4.69, 9.17) is 4.42 Å². The molecule has 0 aliphatic heterocycles. The van der Waals surface area contributed by atoms with Gasteiger partial charge in [0.2, 0.25) is 5.91 Å². The van der Waals surface area contributed by atoms with Gasteiger partial charge < -0.3 is 9.73 Å². The van der Waals surface area contributed by atoms with E-state index in [1.807, 2.05) is 6.92 Å². The normalized spacial score (nSPS) is 11.1. The van der Waals surface area contributed by atoms with E-state index in [0.717, 1.165) is 11.8 Å². The van der Waals surface area contributed by atoms with Crippen LogP contribution in [0.4, 0.5) is 5.69 Å². The molecule has 0 radical (unpaired) electrons.